The van der Waals surface area contributed by atoms with E-state index in [1.807, 2.05) is 17.9 Å². The molecule has 20 heavy (non-hydrogen) atoms. The lowest BCUT2D eigenvalue weighted by Gasteiger charge is -2.18. The van der Waals surface area contributed by atoms with Crippen LogP contribution in [0.25, 0.3) is 0 Å². The van der Waals surface area contributed by atoms with E-state index >= 15 is 0 Å². The monoisotopic (exact) mass is 277 g/mol. The van der Waals surface area contributed by atoms with Gasteiger partial charge in [-0.2, -0.15) is 4.98 Å². The molecule has 1 aromatic heterocycles. The van der Waals surface area contributed by atoms with E-state index in [0.29, 0.717) is 19.1 Å². The van der Waals surface area contributed by atoms with E-state index in [9.17, 15) is 4.39 Å². The molecule has 2 rings (SSSR count). The summed E-state index contributed by atoms with van der Waals surface area (Å²) in [5.74, 6) is -0.266. The van der Waals surface area contributed by atoms with Crippen LogP contribution in [0.4, 0.5) is 16.1 Å². The molecular formula is C15H20FN3O. The maximum atomic E-state index is 13.3. The van der Waals surface area contributed by atoms with Gasteiger partial charge in [-0.25, -0.2) is 4.39 Å². The van der Waals surface area contributed by atoms with Crippen LogP contribution in [0.1, 0.15) is 26.0 Å². The third-order valence-electron chi connectivity index (χ3n) is 2.94. The number of hydrogen-bond acceptors (Lipinski definition) is 4. The number of oxazole rings is 1. The Morgan fingerprint density at radius 3 is 2.90 bits per heavy atom. The molecule has 4 nitrogen and oxygen atoms in total. The zero-order valence-corrected chi connectivity index (χ0v) is 11.9. The van der Waals surface area contributed by atoms with Crippen molar-refractivity contribution in [1.29, 1.82) is 0 Å². The molecule has 1 N–H and O–H groups in total. The quantitative estimate of drug-likeness (QED) is 0.787. The molecule has 0 amide bonds. The van der Waals surface area contributed by atoms with Gasteiger partial charge in [0.2, 0.25) is 0 Å². The molecule has 0 spiro atoms. The molecule has 0 aliphatic carbocycles. The lowest BCUT2D eigenvalue weighted by Crippen LogP contribution is -2.17. The molecule has 0 unspecified atom stereocenters. The fourth-order valence-electron chi connectivity index (χ4n) is 1.97. The minimum Gasteiger partial charge on any atom is -0.431 e. The first kappa shape index (κ1) is 14.5. The number of nitrogens with one attached hydrogen (secondary N) is 1. The molecule has 0 aliphatic rings. The second-order valence-corrected chi connectivity index (χ2v) is 4.52. The summed E-state index contributed by atoms with van der Waals surface area (Å²) in [5, 5.41) is 3.27. The first-order chi connectivity index (χ1) is 9.74. The van der Waals surface area contributed by atoms with Gasteiger partial charge in [-0.15, -0.1) is 0 Å². The molecule has 0 aliphatic heterocycles. The van der Waals surface area contributed by atoms with E-state index in [-0.39, 0.29) is 5.82 Å². The maximum Gasteiger partial charge on any atom is 0.302 e. The summed E-state index contributed by atoms with van der Waals surface area (Å²) in [6.07, 6.45) is 2.72. The predicted octanol–water partition coefficient (Wildman–Crippen LogP) is 3.47. The third-order valence-corrected chi connectivity index (χ3v) is 2.94. The van der Waals surface area contributed by atoms with Crippen molar-refractivity contribution in [2.45, 2.75) is 26.8 Å². The Balaban J connectivity index is 2.12. The minimum atomic E-state index is -0.266. The zero-order chi connectivity index (χ0) is 14.4. The molecule has 108 valence electrons. The molecule has 0 fully saturated rings. The van der Waals surface area contributed by atoms with Gasteiger partial charge in [0.15, 0.2) is 0 Å². The van der Waals surface area contributed by atoms with Crippen LogP contribution in [0, 0.1) is 5.82 Å². The van der Waals surface area contributed by atoms with Crippen LogP contribution in [-0.2, 0) is 6.54 Å². The van der Waals surface area contributed by atoms with Crippen molar-refractivity contribution in [3.63, 3.8) is 0 Å². The van der Waals surface area contributed by atoms with Gasteiger partial charge >= 0.3 is 6.01 Å². The number of benzene rings is 1. The Morgan fingerprint density at radius 2 is 2.20 bits per heavy atom. The van der Waals surface area contributed by atoms with Crippen molar-refractivity contribution in [3.8, 4) is 0 Å². The number of nitrogens with zero attached hydrogens (tertiary/aromatic N) is 2. The van der Waals surface area contributed by atoms with Gasteiger partial charge in [0.25, 0.3) is 0 Å². The number of rotatable bonds is 7. The average Bonchev–Trinajstić information content (AvgIpc) is 2.89. The van der Waals surface area contributed by atoms with Gasteiger partial charge in [-0.1, -0.05) is 13.0 Å². The SMILES string of the molecule is CCCNCc1coc(N(CC)c2cccc(F)c2)n1. The van der Waals surface area contributed by atoms with Crippen molar-refractivity contribution in [2.24, 2.45) is 0 Å². The highest BCUT2D eigenvalue weighted by atomic mass is 19.1. The molecule has 0 radical (unpaired) electrons. The molecule has 1 aromatic carbocycles. The van der Waals surface area contributed by atoms with E-state index in [0.717, 1.165) is 24.3 Å². The summed E-state index contributed by atoms with van der Waals surface area (Å²) in [6, 6.07) is 6.91. The van der Waals surface area contributed by atoms with Crippen molar-refractivity contribution in [2.75, 3.05) is 18.0 Å². The number of hydrogen-bond donors (Lipinski definition) is 1. The van der Waals surface area contributed by atoms with Crippen LogP contribution in [0.5, 0.6) is 0 Å². The van der Waals surface area contributed by atoms with Crippen LogP contribution < -0.4 is 10.2 Å². The summed E-state index contributed by atoms with van der Waals surface area (Å²) in [5.41, 5.74) is 1.59. The lowest BCUT2D eigenvalue weighted by molar-refractivity contribution is 0.551. The Bertz CT molecular complexity index is 541. The van der Waals surface area contributed by atoms with Gasteiger partial charge in [-0.05, 0) is 38.1 Å². The first-order valence-electron chi connectivity index (χ1n) is 6.92. The van der Waals surface area contributed by atoms with E-state index in [2.05, 4.69) is 17.2 Å². The van der Waals surface area contributed by atoms with Crippen molar-refractivity contribution in [3.05, 3.63) is 42.0 Å². The summed E-state index contributed by atoms with van der Waals surface area (Å²) < 4.78 is 18.8. The first-order valence-corrected chi connectivity index (χ1v) is 6.92. The zero-order valence-electron chi connectivity index (χ0n) is 11.9. The molecule has 2 aromatic rings. The predicted molar refractivity (Wildman–Crippen MR) is 77.6 cm³/mol. The summed E-state index contributed by atoms with van der Waals surface area (Å²) in [6.45, 7) is 6.38. The number of anilines is 2. The smallest absolute Gasteiger partial charge is 0.302 e. The Kier molecular flexibility index (Phi) is 5.12. The van der Waals surface area contributed by atoms with Crippen LogP contribution in [0.2, 0.25) is 0 Å². The summed E-state index contributed by atoms with van der Waals surface area (Å²) in [4.78, 5) is 6.27. The molecule has 1 heterocycles. The highest BCUT2D eigenvalue weighted by Crippen LogP contribution is 2.24. The van der Waals surface area contributed by atoms with Crippen LogP contribution in [0.3, 0.4) is 0 Å². The van der Waals surface area contributed by atoms with E-state index in [1.54, 1.807) is 12.3 Å². The fourth-order valence-corrected chi connectivity index (χ4v) is 1.97. The van der Waals surface area contributed by atoms with Crippen LogP contribution >= 0.6 is 0 Å². The molecule has 0 saturated heterocycles. The van der Waals surface area contributed by atoms with Gasteiger partial charge in [0.1, 0.15) is 12.1 Å². The Morgan fingerprint density at radius 1 is 1.35 bits per heavy atom. The molecule has 5 heteroatoms. The topological polar surface area (TPSA) is 41.3 Å². The summed E-state index contributed by atoms with van der Waals surface area (Å²) in [7, 11) is 0. The highest BCUT2D eigenvalue weighted by molar-refractivity contribution is 5.55. The maximum absolute atomic E-state index is 13.3. The minimum absolute atomic E-state index is 0.266. The third kappa shape index (κ3) is 3.57. The standard InChI is InChI=1S/C15H20FN3O/c1-3-8-17-10-13-11-20-15(18-13)19(4-2)14-7-5-6-12(16)9-14/h5-7,9,11,17H,3-4,8,10H2,1-2H3. The average molecular weight is 277 g/mol. The van der Waals surface area contributed by atoms with Crippen LogP contribution in [-0.4, -0.2) is 18.1 Å². The van der Waals surface area contributed by atoms with Gasteiger partial charge in [0.05, 0.1) is 5.69 Å². The highest BCUT2D eigenvalue weighted by Gasteiger charge is 2.14. The Labute approximate surface area is 118 Å². The van der Waals surface area contributed by atoms with Gasteiger partial charge in [0, 0.05) is 18.8 Å². The second-order valence-electron chi connectivity index (χ2n) is 4.52. The number of halogens is 1. The van der Waals surface area contributed by atoms with Crippen molar-refractivity contribution in [1.82, 2.24) is 10.3 Å². The number of aromatic nitrogens is 1. The fraction of sp³-hybridized carbons (Fsp3) is 0.400. The normalized spacial score (nSPS) is 10.8. The molecule has 0 bridgehead atoms. The van der Waals surface area contributed by atoms with Crippen LogP contribution in [0.15, 0.2) is 34.9 Å². The van der Waals surface area contributed by atoms with Crippen molar-refractivity contribution < 1.29 is 8.81 Å². The van der Waals surface area contributed by atoms with Gasteiger partial charge < -0.3 is 9.73 Å². The van der Waals surface area contributed by atoms with Gasteiger partial charge in [-0.3, -0.25) is 4.90 Å². The van der Waals surface area contributed by atoms with Crippen molar-refractivity contribution >= 4 is 11.7 Å². The Hall–Kier alpha value is -1.88. The van der Waals surface area contributed by atoms with E-state index < -0.39 is 0 Å². The van der Waals surface area contributed by atoms with E-state index in [4.69, 9.17) is 4.42 Å². The lowest BCUT2D eigenvalue weighted by atomic mass is 10.3. The molecule has 0 saturated carbocycles. The second kappa shape index (κ2) is 7.05. The largest absolute Gasteiger partial charge is 0.431 e. The molecule has 0 atom stereocenters. The van der Waals surface area contributed by atoms with E-state index in [1.165, 1.54) is 12.1 Å². The summed E-state index contributed by atoms with van der Waals surface area (Å²) >= 11 is 0. The molecular weight excluding hydrogens is 257 g/mol.